The van der Waals surface area contributed by atoms with Crippen LogP contribution in [0.5, 0.6) is 0 Å². The minimum absolute atomic E-state index is 0.325. The van der Waals surface area contributed by atoms with Crippen molar-refractivity contribution in [2.75, 3.05) is 0 Å². The van der Waals surface area contributed by atoms with Crippen LogP contribution in [0, 0.1) is 0 Å². The Morgan fingerprint density at radius 3 is 2.43 bits per heavy atom. The van der Waals surface area contributed by atoms with Crippen molar-refractivity contribution in [3.8, 4) is 0 Å². The molecule has 0 saturated heterocycles. The molecule has 1 aromatic rings. The van der Waals surface area contributed by atoms with Gasteiger partial charge in [0.2, 0.25) is 6.43 Å². The predicted octanol–water partition coefficient (Wildman–Crippen LogP) is 3.65. The molecule has 5 heteroatoms. The summed E-state index contributed by atoms with van der Waals surface area (Å²) in [5.41, 5.74) is 6.04. The first-order chi connectivity index (χ1) is 6.50. The van der Waals surface area contributed by atoms with Crippen molar-refractivity contribution in [1.82, 2.24) is 0 Å². The fraction of sp³-hybridized carbons (Fsp3) is 0.333. The smallest absolute Gasteiger partial charge is 0.240 e. The van der Waals surface area contributed by atoms with E-state index in [4.69, 9.17) is 28.9 Å². The fourth-order valence-corrected chi connectivity index (χ4v) is 1.67. The normalized spacial score (nSPS) is 13.3. The van der Waals surface area contributed by atoms with Crippen molar-refractivity contribution in [2.45, 2.75) is 18.9 Å². The van der Waals surface area contributed by atoms with Gasteiger partial charge in [-0.2, -0.15) is 0 Å². The van der Waals surface area contributed by atoms with Gasteiger partial charge < -0.3 is 5.73 Å². The SMILES string of the molecule is N[C@@H](CC(F)F)c1ccc(Cl)cc1Cl. The lowest BCUT2D eigenvalue weighted by molar-refractivity contribution is 0.128. The van der Waals surface area contributed by atoms with Gasteiger partial charge in [-0.05, 0) is 17.7 Å². The third kappa shape index (κ3) is 3.08. The molecule has 0 aromatic heterocycles. The summed E-state index contributed by atoms with van der Waals surface area (Å²) in [7, 11) is 0. The molecule has 0 spiro atoms. The van der Waals surface area contributed by atoms with E-state index < -0.39 is 18.9 Å². The Bertz CT molecular complexity index is 318. The van der Waals surface area contributed by atoms with Gasteiger partial charge in [0.05, 0.1) is 0 Å². The Kier molecular flexibility index (Phi) is 4.11. The number of nitrogens with two attached hydrogens (primary N) is 1. The Morgan fingerprint density at radius 1 is 1.29 bits per heavy atom. The minimum atomic E-state index is -2.43. The van der Waals surface area contributed by atoms with E-state index in [2.05, 4.69) is 0 Å². The van der Waals surface area contributed by atoms with Gasteiger partial charge in [0.15, 0.2) is 0 Å². The summed E-state index contributed by atoms with van der Waals surface area (Å²) >= 11 is 11.5. The molecule has 0 unspecified atom stereocenters. The molecule has 0 aliphatic heterocycles. The zero-order valence-corrected chi connectivity index (χ0v) is 8.69. The zero-order valence-electron chi connectivity index (χ0n) is 7.18. The van der Waals surface area contributed by atoms with E-state index in [0.29, 0.717) is 15.6 Å². The quantitative estimate of drug-likeness (QED) is 0.857. The number of rotatable bonds is 3. The average molecular weight is 240 g/mol. The highest BCUT2D eigenvalue weighted by molar-refractivity contribution is 6.35. The summed E-state index contributed by atoms with van der Waals surface area (Å²) in [6, 6.07) is 3.88. The van der Waals surface area contributed by atoms with E-state index in [9.17, 15) is 8.78 Å². The molecular formula is C9H9Cl2F2N. The Hall–Kier alpha value is -0.380. The zero-order chi connectivity index (χ0) is 10.7. The predicted molar refractivity (Wildman–Crippen MR) is 54.0 cm³/mol. The van der Waals surface area contributed by atoms with E-state index in [1.54, 1.807) is 12.1 Å². The average Bonchev–Trinajstić information content (AvgIpc) is 2.01. The van der Waals surface area contributed by atoms with Crippen LogP contribution in [0.4, 0.5) is 8.78 Å². The molecular weight excluding hydrogens is 231 g/mol. The molecule has 0 amide bonds. The molecule has 1 nitrogen and oxygen atoms in total. The molecule has 1 atom stereocenters. The van der Waals surface area contributed by atoms with Gasteiger partial charge in [0.25, 0.3) is 0 Å². The molecule has 0 aliphatic carbocycles. The van der Waals surface area contributed by atoms with E-state index in [1.165, 1.54) is 6.07 Å². The van der Waals surface area contributed by atoms with Crippen molar-refractivity contribution < 1.29 is 8.78 Å². The van der Waals surface area contributed by atoms with Crippen LogP contribution in [0.3, 0.4) is 0 Å². The first-order valence-corrected chi connectivity index (χ1v) is 4.75. The standard InChI is InChI=1S/C9H9Cl2F2N/c10-5-1-2-6(7(11)3-5)8(14)4-9(12)13/h1-3,8-9H,4,14H2/t8-/m0/s1. The number of alkyl halides is 2. The van der Waals surface area contributed by atoms with E-state index in [1.807, 2.05) is 0 Å². The van der Waals surface area contributed by atoms with Crippen LogP contribution in [-0.4, -0.2) is 6.43 Å². The Balaban J connectivity index is 2.84. The molecule has 0 saturated carbocycles. The van der Waals surface area contributed by atoms with Crippen molar-refractivity contribution in [1.29, 1.82) is 0 Å². The summed E-state index contributed by atoms with van der Waals surface area (Å²) < 4.78 is 24.1. The van der Waals surface area contributed by atoms with Crippen molar-refractivity contribution in [3.63, 3.8) is 0 Å². The lowest BCUT2D eigenvalue weighted by Gasteiger charge is -2.13. The summed E-state index contributed by atoms with van der Waals surface area (Å²) in [6.07, 6.45) is -2.84. The first-order valence-electron chi connectivity index (χ1n) is 3.99. The summed E-state index contributed by atoms with van der Waals surface area (Å²) in [6.45, 7) is 0. The maximum Gasteiger partial charge on any atom is 0.240 e. The van der Waals surface area contributed by atoms with Crippen molar-refractivity contribution in [3.05, 3.63) is 33.8 Å². The maximum atomic E-state index is 12.0. The fourth-order valence-electron chi connectivity index (χ4n) is 1.12. The van der Waals surface area contributed by atoms with Crippen LogP contribution in [0.2, 0.25) is 10.0 Å². The largest absolute Gasteiger partial charge is 0.324 e. The molecule has 0 aliphatic rings. The van der Waals surface area contributed by atoms with Crippen LogP contribution in [0.25, 0.3) is 0 Å². The molecule has 0 bridgehead atoms. The molecule has 0 fully saturated rings. The Morgan fingerprint density at radius 2 is 1.93 bits per heavy atom. The van der Waals surface area contributed by atoms with Crippen LogP contribution in [-0.2, 0) is 0 Å². The highest BCUT2D eigenvalue weighted by Crippen LogP contribution is 2.27. The first kappa shape index (κ1) is 11.7. The monoisotopic (exact) mass is 239 g/mol. The van der Waals surface area contributed by atoms with E-state index in [-0.39, 0.29) is 0 Å². The van der Waals surface area contributed by atoms with Gasteiger partial charge in [-0.1, -0.05) is 29.3 Å². The van der Waals surface area contributed by atoms with Gasteiger partial charge >= 0.3 is 0 Å². The lowest BCUT2D eigenvalue weighted by Crippen LogP contribution is -2.14. The maximum absolute atomic E-state index is 12.0. The van der Waals surface area contributed by atoms with E-state index in [0.717, 1.165) is 0 Å². The molecule has 2 N–H and O–H groups in total. The van der Waals surface area contributed by atoms with Gasteiger partial charge in [0.1, 0.15) is 0 Å². The molecule has 1 rings (SSSR count). The van der Waals surface area contributed by atoms with Gasteiger partial charge in [-0.3, -0.25) is 0 Å². The summed E-state index contributed by atoms with van der Waals surface area (Å²) in [4.78, 5) is 0. The van der Waals surface area contributed by atoms with Crippen LogP contribution >= 0.6 is 23.2 Å². The third-order valence-corrected chi connectivity index (χ3v) is 2.36. The number of hydrogen-bond acceptors (Lipinski definition) is 1. The summed E-state index contributed by atoms with van der Waals surface area (Å²) in [5.74, 6) is 0. The highest BCUT2D eigenvalue weighted by Gasteiger charge is 2.15. The second kappa shape index (κ2) is 4.91. The molecule has 0 heterocycles. The second-order valence-electron chi connectivity index (χ2n) is 2.90. The number of hydrogen-bond donors (Lipinski definition) is 1. The highest BCUT2D eigenvalue weighted by atomic mass is 35.5. The van der Waals surface area contributed by atoms with Gasteiger partial charge in [-0.25, -0.2) is 8.78 Å². The minimum Gasteiger partial charge on any atom is -0.324 e. The van der Waals surface area contributed by atoms with Crippen molar-refractivity contribution >= 4 is 23.2 Å². The molecule has 14 heavy (non-hydrogen) atoms. The molecule has 1 aromatic carbocycles. The van der Waals surface area contributed by atoms with Crippen LogP contribution < -0.4 is 5.73 Å². The van der Waals surface area contributed by atoms with E-state index >= 15 is 0 Å². The van der Waals surface area contributed by atoms with Crippen LogP contribution in [0.15, 0.2) is 18.2 Å². The van der Waals surface area contributed by atoms with Gasteiger partial charge in [0, 0.05) is 22.5 Å². The van der Waals surface area contributed by atoms with Gasteiger partial charge in [-0.15, -0.1) is 0 Å². The number of halogens is 4. The molecule has 78 valence electrons. The second-order valence-corrected chi connectivity index (χ2v) is 3.74. The van der Waals surface area contributed by atoms with Crippen LogP contribution in [0.1, 0.15) is 18.0 Å². The summed E-state index contributed by atoms with van der Waals surface area (Å²) in [5, 5.41) is 0.786. The third-order valence-electron chi connectivity index (χ3n) is 1.79. The number of benzene rings is 1. The van der Waals surface area contributed by atoms with Crippen molar-refractivity contribution in [2.24, 2.45) is 5.73 Å². The Labute approximate surface area is 90.8 Å². The molecule has 0 radical (unpaired) electrons. The lowest BCUT2D eigenvalue weighted by atomic mass is 10.1. The topological polar surface area (TPSA) is 26.0 Å².